The predicted octanol–water partition coefficient (Wildman–Crippen LogP) is 2.95. The molecule has 1 aromatic carbocycles. The van der Waals surface area contributed by atoms with E-state index in [1.54, 1.807) is 19.2 Å². The van der Waals surface area contributed by atoms with Gasteiger partial charge in [-0.05, 0) is 30.7 Å². The van der Waals surface area contributed by atoms with Crippen LogP contribution in [0.15, 0.2) is 41.4 Å². The van der Waals surface area contributed by atoms with Gasteiger partial charge in [0.25, 0.3) is 0 Å². The maximum absolute atomic E-state index is 12.8. The third kappa shape index (κ3) is 3.94. The molecule has 80 valence electrons. The molecule has 0 bridgehead atoms. The first kappa shape index (κ1) is 11.4. The van der Waals surface area contributed by atoms with Crippen LogP contribution in [0.5, 0.6) is 0 Å². The van der Waals surface area contributed by atoms with Gasteiger partial charge in [0.05, 0.1) is 0 Å². The molecule has 0 aliphatic rings. The van der Waals surface area contributed by atoms with Gasteiger partial charge in [-0.15, -0.1) is 0 Å². The summed E-state index contributed by atoms with van der Waals surface area (Å²) in [6.07, 6.45) is 3.60. The minimum atomic E-state index is -0.253. The molecule has 0 N–H and O–H groups in total. The highest BCUT2D eigenvalue weighted by atomic mass is 19.1. The number of hydrogen-bond acceptors (Lipinski definition) is 2. The standard InChI is InChI=1S/C12H14FNO/c1-3-5-12(14-2)15-9-10-6-4-7-11(13)8-10/h3-8H,9H2,1-2H3. The van der Waals surface area contributed by atoms with E-state index in [1.165, 1.54) is 12.1 Å². The maximum Gasteiger partial charge on any atom is 0.208 e. The van der Waals surface area contributed by atoms with Crippen LogP contribution in [0.2, 0.25) is 0 Å². The van der Waals surface area contributed by atoms with E-state index in [-0.39, 0.29) is 5.82 Å². The second kappa shape index (κ2) is 5.96. The molecular formula is C12H14FNO. The van der Waals surface area contributed by atoms with Crippen molar-refractivity contribution in [3.63, 3.8) is 0 Å². The fraction of sp³-hybridized carbons (Fsp3) is 0.250. The van der Waals surface area contributed by atoms with Crippen LogP contribution < -0.4 is 0 Å². The number of rotatable bonds is 3. The topological polar surface area (TPSA) is 21.6 Å². The van der Waals surface area contributed by atoms with Crippen LogP contribution >= 0.6 is 0 Å². The van der Waals surface area contributed by atoms with Crippen molar-refractivity contribution >= 4 is 5.90 Å². The van der Waals surface area contributed by atoms with Crippen LogP contribution in [0, 0.1) is 5.82 Å². The van der Waals surface area contributed by atoms with Crippen LogP contribution in [-0.4, -0.2) is 12.9 Å². The zero-order valence-corrected chi connectivity index (χ0v) is 8.90. The molecule has 0 aromatic heterocycles. The Kier molecular flexibility index (Phi) is 4.54. The van der Waals surface area contributed by atoms with E-state index in [9.17, 15) is 4.39 Å². The molecule has 0 spiro atoms. The summed E-state index contributed by atoms with van der Waals surface area (Å²) in [7, 11) is 1.65. The summed E-state index contributed by atoms with van der Waals surface area (Å²) in [6.45, 7) is 2.21. The summed E-state index contributed by atoms with van der Waals surface area (Å²) in [5, 5.41) is 0. The molecule has 0 aliphatic carbocycles. The molecule has 0 radical (unpaired) electrons. The first-order valence-electron chi connectivity index (χ1n) is 4.73. The van der Waals surface area contributed by atoms with Crippen molar-refractivity contribution in [2.45, 2.75) is 13.5 Å². The van der Waals surface area contributed by atoms with Crippen molar-refractivity contribution in [1.82, 2.24) is 0 Å². The van der Waals surface area contributed by atoms with Gasteiger partial charge >= 0.3 is 0 Å². The van der Waals surface area contributed by atoms with Crippen molar-refractivity contribution in [3.05, 3.63) is 47.8 Å². The van der Waals surface area contributed by atoms with Crippen LogP contribution in [-0.2, 0) is 11.3 Å². The van der Waals surface area contributed by atoms with Gasteiger partial charge in [-0.1, -0.05) is 18.2 Å². The first-order chi connectivity index (χ1) is 7.26. The Balaban J connectivity index is 2.57. The van der Waals surface area contributed by atoms with Crippen molar-refractivity contribution in [2.24, 2.45) is 4.99 Å². The van der Waals surface area contributed by atoms with Crippen molar-refractivity contribution < 1.29 is 9.13 Å². The SMILES string of the molecule is CC=CC(=NC)OCc1cccc(F)c1. The maximum atomic E-state index is 12.8. The van der Waals surface area contributed by atoms with Crippen molar-refractivity contribution in [1.29, 1.82) is 0 Å². The lowest BCUT2D eigenvalue weighted by atomic mass is 10.2. The van der Waals surface area contributed by atoms with Crippen LogP contribution in [0.3, 0.4) is 0 Å². The van der Waals surface area contributed by atoms with Gasteiger partial charge < -0.3 is 4.74 Å². The lowest BCUT2D eigenvalue weighted by Crippen LogP contribution is -2.01. The number of halogens is 1. The zero-order valence-electron chi connectivity index (χ0n) is 8.90. The number of ether oxygens (including phenoxy) is 1. The van der Waals surface area contributed by atoms with E-state index >= 15 is 0 Å². The lowest BCUT2D eigenvalue weighted by Gasteiger charge is -2.05. The summed E-state index contributed by atoms with van der Waals surface area (Å²) in [6, 6.07) is 6.33. The predicted molar refractivity (Wildman–Crippen MR) is 59.4 cm³/mol. The molecule has 0 heterocycles. The van der Waals surface area contributed by atoms with Gasteiger partial charge in [0, 0.05) is 7.05 Å². The van der Waals surface area contributed by atoms with E-state index in [0.29, 0.717) is 12.5 Å². The number of aliphatic imine (C=N–C) groups is 1. The molecule has 1 aromatic rings. The minimum absolute atomic E-state index is 0.253. The third-order valence-corrected chi connectivity index (χ3v) is 1.81. The van der Waals surface area contributed by atoms with Gasteiger partial charge in [-0.3, -0.25) is 4.99 Å². The number of nitrogens with zero attached hydrogens (tertiary/aromatic N) is 1. The Bertz CT molecular complexity index is 372. The Morgan fingerprint density at radius 2 is 2.33 bits per heavy atom. The second-order valence-corrected chi connectivity index (χ2v) is 2.98. The molecule has 0 fully saturated rings. The van der Waals surface area contributed by atoms with E-state index in [1.807, 2.05) is 19.1 Å². The van der Waals surface area contributed by atoms with Crippen LogP contribution in [0.1, 0.15) is 12.5 Å². The monoisotopic (exact) mass is 207 g/mol. The van der Waals surface area contributed by atoms with E-state index in [0.717, 1.165) is 5.56 Å². The summed E-state index contributed by atoms with van der Waals surface area (Å²) < 4.78 is 18.2. The van der Waals surface area contributed by atoms with Crippen LogP contribution in [0.4, 0.5) is 4.39 Å². The molecule has 0 saturated carbocycles. The molecule has 1 rings (SSSR count). The molecule has 3 heteroatoms. The number of benzene rings is 1. The van der Waals surface area contributed by atoms with Gasteiger partial charge in [0.15, 0.2) is 0 Å². The molecule has 0 saturated heterocycles. The average molecular weight is 207 g/mol. The molecule has 2 nitrogen and oxygen atoms in total. The smallest absolute Gasteiger partial charge is 0.208 e. The van der Waals surface area contributed by atoms with Gasteiger partial charge in [0.2, 0.25) is 5.90 Å². The zero-order chi connectivity index (χ0) is 11.1. The summed E-state index contributed by atoms with van der Waals surface area (Å²) in [5.74, 6) is 0.291. The molecular weight excluding hydrogens is 193 g/mol. The summed E-state index contributed by atoms with van der Waals surface area (Å²) in [4.78, 5) is 3.93. The fourth-order valence-corrected chi connectivity index (χ4v) is 1.11. The number of hydrogen-bond donors (Lipinski definition) is 0. The molecule has 0 unspecified atom stereocenters. The summed E-state index contributed by atoms with van der Waals surface area (Å²) in [5.41, 5.74) is 0.792. The highest BCUT2D eigenvalue weighted by molar-refractivity contribution is 5.87. The quantitative estimate of drug-likeness (QED) is 0.551. The lowest BCUT2D eigenvalue weighted by molar-refractivity contribution is 0.294. The molecule has 0 aliphatic heterocycles. The fourth-order valence-electron chi connectivity index (χ4n) is 1.11. The summed E-state index contributed by atoms with van der Waals surface area (Å²) >= 11 is 0. The third-order valence-electron chi connectivity index (χ3n) is 1.81. The van der Waals surface area contributed by atoms with Crippen molar-refractivity contribution in [3.8, 4) is 0 Å². The molecule has 0 amide bonds. The minimum Gasteiger partial charge on any atom is -0.473 e. The van der Waals surface area contributed by atoms with E-state index in [4.69, 9.17) is 4.74 Å². The first-order valence-corrected chi connectivity index (χ1v) is 4.73. The second-order valence-electron chi connectivity index (χ2n) is 2.98. The normalized spacial score (nSPS) is 12.1. The highest BCUT2D eigenvalue weighted by Crippen LogP contribution is 2.05. The Morgan fingerprint density at radius 1 is 1.53 bits per heavy atom. The molecule has 15 heavy (non-hydrogen) atoms. The van der Waals surface area contributed by atoms with Gasteiger partial charge in [0.1, 0.15) is 12.4 Å². The Hall–Kier alpha value is -1.64. The number of allylic oxidation sites excluding steroid dienone is 1. The van der Waals surface area contributed by atoms with E-state index < -0.39 is 0 Å². The van der Waals surface area contributed by atoms with E-state index in [2.05, 4.69) is 4.99 Å². The Morgan fingerprint density at radius 3 is 2.93 bits per heavy atom. The highest BCUT2D eigenvalue weighted by Gasteiger charge is 1.97. The van der Waals surface area contributed by atoms with Crippen molar-refractivity contribution in [2.75, 3.05) is 7.05 Å². The average Bonchev–Trinajstić information content (AvgIpc) is 2.24. The Labute approximate surface area is 89.1 Å². The van der Waals surface area contributed by atoms with Crippen LogP contribution in [0.25, 0.3) is 0 Å². The molecule has 0 atom stereocenters. The van der Waals surface area contributed by atoms with Gasteiger partial charge in [-0.25, -0.2) is 4.39 Å². The largest absolute Gasteiger partial charge is 0.473 e. The van der Waals surface area contributed by atoms with Gasteiger partial charge in [-0.2, -0.15) is 0 Å².